The Morgan fingerprint density at radius 3 is 3.00 bits per heavy atom. The smallest absolute Gasteiger partial charge is 0.122 e. The van der Waals surface area contributed by atoms with Crippen LogP contribution in [0.4, 0.5) is 0 Å². The number of methoxy groups -OCH3 is 1. The molecule has 0 bridgehead atoms. The maximum absolute atomic E-state index is 5.39. The van der Waals surface area contributed by atoms with E-state index in [4.69, 9.17) is 4.74 Å². The van der Waals surface area contributed by atoms with Crippen LogP contribution in [0.1, 0.15) is 31.2 Å². The lowest BCUT2D eigenvalue weighted by Gasteiger charge is -2.17. The van der Waals surface area contributed by atoms with Gasteiger partial charge in [0, 0.05) is 6.04 Å². The molecule has 1 aliphatic rings. The van der Waals surface area contributed by atoms with Crippen molar-refractivity contribution in [3.05, 3.63) is 29.8 Å². The predicted molar refractivity (Wildman–Crippen MR) is 67.0 cm³/mol. The molecule has 1 N–H and O–H groups in total. The predicted octanol–water partition coefficient (Wildman–Crippen LogP) is 2.77. The van der Waals surface area contributed by atoms with Crippen LogP contribution in [0.15, 0.2) is 24.3 Å². The van der Waals surface area contributed by atoms with Crippen molar-refractivity contribution in [3.63, 3.8) is 0 Å². The topological polar surface area (TPSA) is 21.3 Å². The molecular weight excluding hydrogens is 198 g/mol. The van der Waals surface area contributed by atoms with Gasteiger partial charge in [0.2, 0.25) is 0 Å². The summed E-state index contributed by atoms with van der Waals surface area (Å²) in [4.78, 5) is 0. The normalized spacial score (nSPS) is 21.4. The lowest BCUT2D eigenvalue weighted by Crippen LogP contribution is -2.30. The molecule has 0 aliphatic carbocycles. The van der Waals surface area contributed by atoms with Gasteiger partial charge in [0.05, 0.1) is 7.11 Å². The average Bonchev–Trinajstić information content (AvgIpc) is 2.58. The molecule has 2 rings (SSSR count). The first-order valence-electron chi connectivity index (χ1n) is 6.25. The second-order valence-electron chi connectivity index (χ2n) is 4.52. The number of hydrogen-bond acceptors (Lipinski definition) is 2. The molecular formula is C14H21NO. The monoisotopic (exact) mass is 219 g/mol. The maximum Gasteiger partial charge on any atom is 0.122 e. The van der Waals surface area contributed by atoms with Crippen molar-refractivity contribution >= 4 is 0 Å². The zero-order valence-corrected chi connectivity index (χ0v) is 10.0. The largest absolute Gasteiger partial charge is 0.496 e. The average molecular weight is 219 g/mol. The molecule has 1 atom stereocenters. The third kappa shape index (κ3) is 2.99. The first-order valence-corrected chi connectivity index (χ1v) is 6.25. The van der Waals surface area contributed by atoms with Gasteiger partial charge in [-0.2, -0.15) is 0 Å². The minimum absolute atomic E-state index is 0.624. The Morgan fingerprint density at radius 2 is 2.12 bits per heavy atom. The van der Waals surface area contributed by atoms with Crippen molar-refractivity contribution in [3.8, 4) is 5.75 Å². The van der Waals surface area contributed by atoms with E-state index in [1.54, 1.807) is 7.11 Å². The third-order valence-electron chi connectivity index (χ3n) is 3.32. The van der Waals surface area contributed by atoms with Gasteiger partial charge in [-0.1, -0.05) is 31.0 Å². The zero-order valence-electron chi connectivity index (χ0n) is 10.0. The van der Waals surface area contributed by atoms with Gasteiger partial charge in [0.1, 0.15) is 5.75 Å². The molecule has 1 heterocycles. The summed E-state index contributed by atoms with van der Waals surface area (Å²) in [5.74, 6) is 1.02. The highest BCUT2D eigenvalue weighted by atomic mass is 16.5. The lowest BCUT2D eigenvalue weighted by atomic mass is 10.0. The van der Waals surface area contributed by atoms with Crippen LogP contribution < -0.4 is 10.1 Å². The molecule has 0 aromatic heterocycles. The second kappa shape index (κ2) is 5.90. The van der Waals surface area contributed by atoms with E-state index in [-0.39, 0.29) is 0 Å². The third-order valence-corrected chi connectivity index (χ3v) is 3.32. The number of hydrogen-bond donors (Lipinski definition) is 1. The highest BCUT2D eigenvalue weighted by Gasteiger charge is 2.13. The molecule has 2 heteroatoms. The van der Waals surface area contributed by atoms with E-state index in [1.165, 1.54) is 37.8 Å². The van der Waals surface area contributed by atoms with Gasteiger partial charge in [0.25, 0.3) is 0 Å². The molecule has 1 unspecified atom stereocenters. The second-order valence-corrected chi connectivity index (χ2v) is 4.52. The Morgan fingerprint density at radius 1 is 1.25 bits per heavy atom. The molecule has 0 radical (unpaired) electrons. The van der Waals surface area contributed by atoms with Gasteiger partial charge >= 0.3 is 0 Å². The van der Waals surface area contributed by atoms with E-state index in [2.05, 4.69) is 17.4 Å². The van der Waals surface area contributed by atoms with Crippen LogP contribution >= 0.6 is 0 Å². The van der Waals surface area contributed by atoms with E-state index in [0.29, 0.717) is 6.04 Å². The van der Waals surface area contributed by atoms with E-state index in [1.807, 2.05) is 12.1 Å². The van der Waals surface area contributed by atoms with Crippen molar-refractivity contribution in [1.29, 1.82) is 0 Å². The summed E-state index contributed by atoms with van der Waals surface area (Å²) in [6, 6.07) is 8.97. The summed E-state index contributed by atoms with van der Waals surface area (Å²) >= 11 is 0. The Hall–Kier alpha value is -1.02. The van der Waals surface area contributed by atoms with Crippen molar-refractivity contribution in [2.24, 2.45) is 0 Å². The molecule has 0 saturated carbocycles. The summed E-state index contributed by atoms with van der Waals surface area (Å²) in [6.45, 7) is 1.17. The van der Waals surface area contributed by atoms with Crippen LogP contribution in [-0.2, 0) is 6.42 Å². The molecule has 16 heavy (non-hydrogen) atoms. The molecule has 1 saturated heterocycles. The summed E-state index contributed by atoms with van der Waals surface area (Å²) in [7, 11) is 1.75. The Balaban J connectivity index is 2.01. The number of para-hydroxylation sites is 1. The summed E-state index contributed by atoms with van der Waals surface area (Å²) in [6.07, 6.45) is 6.42. The van der Waals surface area contributed by atoms with E-state index < -0.39 is 0 Å². The number of ether oxygens (including phenoxy) is 1. The van der Waals surface area contributed by atoms with Gasteiger partial charge in [-0.3, -0.25) is 0 Å². The van der Waals surface area contributed by atoms with Crippen molar-refractivity contribution < 1.29 is 4.74 Å². The van der Waals surface area contributed by atoms with Crippen LogP contribution in [-0.4, -0.2) is 19.7 Å². The fourth-order valence-electron chi connectivity index (χ4n) is 2.41. The first-order chi connectivity index (χ1) is 7.90. The number of benzene rings is 1. The summed E-state index contributed by atoms with van der Waals surface area (Å²) in [5, 5.41) is 3.63. The van der Waals surface area contributed by atoms with Crippen molar-refractivity contribution in [1.82, 2.24) is 5.32 Å². The highest BCUT2D eigenvalue weighted by molar-refractivity contribution is 5.33. The molecule has 88 valence electrons. The van der Waals surface area contributed by atoms with Crippen LogP contribution in [0.5, 0.6) is 5.75 Å². The molecule has 0 spiro atoms. The lowest BCUT2D eigenvalue weighted by molar-refractivity contribution is 0.404. The van der Waals surface area contributed by atoms with E-state index >= 15 is 0 Å². The SMILES string of the molecule is COc1ccccc1CC1CCCCCN1. The highest BCUT2D eigenvalue weighted by Crippen LogP contribution is 2.21. The van der Waals surface area contributed by atoms with E-state index in [9.17, 15) is 0 Å². The van der Waals surface area contributed by atoms with Gasteiger partial charge in [-0.15, -0.1) is 0 Å². The Kier molecular flexibility index (Phi) is 4.23. The number of nitrogens with one attached hydrogen (secondary N) is 1. The summed E-state index contributed by atoms with van der Waals surface area (Å²) < 4.78 is 5.39. The molecule has 0 amide bonds. The minimum atomic E-state index is 0.624. The molecule has 1 aromatic rings. The van der Waals surface area contributed by atoms with Crippen molar-refractivity contribution in [2.75, 3.05) is 13.7 Å². The van der Waals surface area contributed by atoms with Crippen LogP contribution in [0.3, 0.4) is 0 Å². The van der Waals surface area contributed by atoms with Crippen LogP contribution in [0.2, 0.25) is 0 Å². The fourth-order valence-corrected chi connectivity index (χ4v) is 2.41. The Labute approximate surface area is 98.0 Å². The van der Waals surface area contributed by atoms with Crippen molar-refractivity contribution in [2.45, 2.75) is 38.1 Å². The molecule has 1 aromatic carbocycles. The van der Waals surface area contributed by atoms with E-state index in [0.717, 1.165) is 12.2 Å². The minimum Gasteiger partial charge on any atom is -0.496 e. The molecule has 2 nitrogen and oxygen atoms in total. The quantitative estimate of drug-likeness (QED) is 0.844. The van der Waals surface area contributed by atoms with Crippen LogP contribution in [0.25, 0.3) is 0 Å². The zero-order chi connectivity index (χ0) is 11.2. The van der Waals surface area contributed by atoms with Gasteiger partial charge < -0.3 is 10.1 Å². The molecule has 1 fully saturated rings. The molecule has 1 aliphatic heterocycles. The standard InChI is InChI=1S/C14H21NO/c1-16-14-9-5-4-7-12(14)11-13-8-3-2-6-10-15-13/h4-5,7,9,13,15H,2-3,6,8,10-11H2,1H3. The number of rotatable bonds is 3. The summed E-state index contributed by atoms with van der Waals surface area (Å²) in [5.41, 5.74) is 1.32. The van der Waals surface area contributed by atoms with Gasteiger partial charge in [0.15, 0.2) is 0 Å². The van der Waals surface area contributed by atoms with Gasteiger partial charge in [-0.05, 0) is 37.4 Å². The fraction of sp³-hybridized carbons (Fsp3) is 0.571. The maximum atomic E-state index is 5.39. The van der Waals surface area contributed by atoms with Gasteiger partial charge in [-0.25, -0.2) is 0 Å². The first kappa shape index (κ1) is 11.5. The van der Waals surface area contributed by atoms with Crippen LogP contribution in [0, 0.1) is 0 Å². The Bertz CT molecular complexity index is 316.